The summed E-state index contributed by atoms with van der Waals surface area (Å²) in [5.41, 5.74) is 0. The van der Waals surface area contributed by atoms with Gasteiger partial charge in [-0.15, -0.1) is 0 Å². The Bertz CT molecular complexity index is 290. The lowest BCUT2D eigenvalue weighted by Crippen LogP contribution is -3.00. The first-order valence-electron chi connectivity index (χ1n) is 5.04. The Labute approximate surface area is 109 Å². The largest absolute Gasteiger partial charge is 1.00 e. The predicted molar refractivity (Wildman–Crippen MR) is 63.4 cm³/mol. The number of nitrogens with zero attached hydrogens (tertiary/aromatic N) is 1. The van der Waals surface area contributed by atoms with Crippen LogP contribution in [0.3, 0.4) is 0 Å². The Kier molecular flexibility index (Phi) is 9.32. The molecule has 17 heavy (non-hydrogen) atoms. The third kappa shape index (κ3) is 9.59. The maximum absolute atomic E-state index is 11.0. The van der Waals surface area contributed by atoms with Gasteiger partial charge >= 0.3 is 0 Å². The molecule has 0 aromatic heterocycles. The van der Waals surface area contributed by atoms with Crippen molar-refractivity contribution in [2.75, 3.05) is 33.9 Å². The molecule has 0 heterocycles. The number of halogens is 1. The molecular formula is C11H20ClN3O2. The summed E-state index contributed by atoms with van der Waals surface area (Å²) < 4.78 is 0.580. The average Bonchev–Trinajstić information content (AvgIpc) is 2.25. The number of hydrogen-bond donors (Lipinski definition) is 2. The van der Waals surface area contributed by atoms with Crippen LogP contribution in [-0.2, 0) is 9.59 Å². The third-order valence-corrected chi connectivity index (χ3v) is 2.07. The van der Waals surface area contributed by atoms with Crippen LogP contribution in [0.4, 0.5) is 0 Å². The zero-order valence-electron chi connectivity index (χ0n) is 10.3. The maximum atomic E-state index is 11.0. The molecular weight excluding hydrogens is 242 g/mol. The van der Waals surface area contributed by atoms with Crippen LogP contribution in [0, 0.1) is 0 Å². The molecule has 0 atom stereocenters. The number of likely N-dealkylation sites (N-methyl/N-ethyl adjacent to an activating group) is 1. The van der Waals surface area contributed by atoms with E-state index in [-0.39, 0.29) is 24.2 Å². The molecule has 0 spiro atoms. The van der Waals surface area contributed by atoms with E-state index in [1.165, 1.54) is 12.2 Å². The van der Waals surface area contributed by atoms with E-state index < -0.39 is 0 Å². The van der Waals surface area contributed by atoms with E-state index in [0.29, 0.717) is 17.7 Å². The molecule has 2 N–H and O–H groups in total. The number of hydrogen-bond acceptors (Lipinski definition) is 2. The van der Waals surface area contributed by atoms with Crippen molar-refractivity contribution in [3.8, 4) is 0 Å². The maximum Gasteiger partial charge on any atom is 0.247 e. The van der Waals surface area contributed by atoms with Crippen LogP contribution < -0.4 is 23.0 Å². The van der Waals surface area contributed by atoms with Crippen molar-refractivity contribution in [1.82, 2.24) is 10.6 Å². The summed E-state index contributed by atoms with van der Waals surface area (Å²) in [6, 6.07) is 0. The van der Waals surface area contributed by atoms with Crippen LogP contribution in [-0.4, -0.2) is 50.2 Å². The van der Waals surface area contributed by atoms with Gasteiger partial charge in [-0.2, -0.15) is 0 Å². The molecule has 0 fully saturated rings. The highest BCUT2D eigenvalue weighted by molar-refractivity contribution is 5.87. The SMILES string of the molecule is C=CC(=O)NCC[N+](C)(C)CNC(=O)C=C.[Cl-]. The van der Waals surface area contributed by atoms with Gasteiger partial charge in [-0.25, -0.2) is 0 Å². The van der Waals surface area contributed by atoms with Crippen molar-refractivity contribution in [3.63, 3.8) is 0 Å². The van der Waals surface area contributed by atoms with Crippen LogP contribution >= 0.6 is 0 Å². The first kappa shape index (κ1) is 18.0. The number of nitrogens with one attached hydrogen (secondary N) is 2. The summed E-state index contributed by atoms with van der Waals surface area (Å²) in [5, 5.41) is 5.39. The first-order valence-corrected chi connectivity index (χ1v) is 5.04. The van der Waals surface area contributed by atoms with Gasteiger partial charge in [0.15, 0.2) is 6.67 Å². The van der Waals surface area contributed by atoms with E-state index in [2.05, 4.69) is 23.8 Å². The Morgan fingerprint density at radius 2 is 1.59 bits per heavy atom. The molecule has 98 valence electrons. The second-order valence-corrected chi connectivity index (χ2v) is 4.06. The molecule has 0 radical (unpaired) electrons. The molecule has 6 heteroatoms. The molecule has 0 bridgehead atoms. The van der Waals surface area contributed by atoms with Crippen molar-refractivity contribution < 1.29 is 26.5 Å². The molecule has 0 rings (SSSR count). The molecule has 0 aliphatic rings. The van der Waals surface area contributed by atoms with Crippen LogP contribution in [0.15, 0.2) is 25.3 Å². The van der Waals surface area contributed by atoms with Gasteiger partial charge in [0.25, 0.3) is 0 Å². The minimum Gasteiger partial charge on any atom is -1.00 e. The fraction of sp³-hybridized carbons (Fsp3) is 0.455. The van der Waals surface area contributed by atoms with Gasteiger partial charge in [-0.3, -0.25) is 9.59 Å². The molecule has 0 aliphatic carbocycles. The minimum atomic E-state index is -0.193. The number of quaternary nitrogens is 1. The molecule has 0 saturated carbocycles. The number of rotatable bonds is 7. The summed E-state index contributed by atoms with van der Waals surface area (Å²) in [7, 11) is 3.92. The number of carbonyl (C=O) groups excluding carboxylic acids is 2. The Balaban J connectivity index is 0. The van der Waals surface area contributed by atoms with Crippen molar-refractivity contribution in [2.45, 2.75) is 0 Å². The van der Waals surface area contributed by atoms with Crippen molar-refractivity contribution in [3.05, 3.63) is 25.3 Å². The van der Waals surface area contributed by atoms with Crippen LogP contribution in [0.25, 0.3) is 0 Å². The first-order chi connectivity index (χ1) is 7.41. The summed E-state index contributed by atoms with van der Waals surface area (Å²) in [6.07, 6.45) is 2.47. The van der Waals surface area contributed by atoms with Gasteiger partial charge in [0.2, 0.25) is 11.8 Å². The van der Waals surface area contributed by atoms with Gasteiger partial charge in [0.05, 0.1) is 27.2 Å². The van der Waals surface area contributed by atoms with Crippen molar-refractivity contribution in [2.24, 2.45) is 0 Å². The number of carbonyl (C=O) groups is 2. The summed E-state index contributed by atoms with van der Waals surface area (Å²) in [4.78, 5) is 21.9. The lowest BCUT2D eigenvalue weighted by molar-refractivity contribution is -0.890. The van der Waals surface area contributed by atoms with Crippen molar-refractivity contribution in [1.29, 1.82) is 0 Å². The van der Waals surface area contributed by atoms with E-state index in [9.17, 15) is 9.59 Å². The van der Waals surface area contributed by atoms with E-state index >= 15 is 0 Å². The Hall–Kier alpha value is -1.33. The normalized spacial score (nSPS) is 9.76. The molecule has 0 aromatic carbocycles. The van der Waals surface area contributed by atoms with Crippen LogP contribution in [0.2, 0.25) is 0 Å². The van der Waals surface area contributed by atoms with Crippen LogP contribution in [0.5, 0.6) is 0 Å². The standard InChI is InChI=1S/C11H19N3O2.ClH/c1-5-10(15)12-7-8-14(3,4)9-13-11(16)6-2;/h5-6H,1-2,7-9H2,3-4H3,(H-,12,13,15,16);1H. The summed E-state index contributed by atoms with van der Waals surface area (Å²) in [6.45, 7) is 8.49. The molecule has 2 amide bonds. The highest BCUT2D eigenvalue weighted by Crippen LogP contribution is 1.92. The minimum absolute atomic E-state index is 0. The van der Waals surface area contributed by atoms with E-state index in [4.69, 9.17) is 0 Å². The Morgan fingerprint density at radius 1 is 1.12 bits per heavy atom. The van der Waals surface area contributed by atoms with E-state index in [0.717, 1.165) is 6.54 Å². The summed E-state index contributed by atoms with van der Waals surface area (Å²) >= 11 is 0. The molecule has 5 nitrogen and oxygen atoms in total. The third-order valence-electron chi connectivity index (χ3n) is 2.07. The topological polar surface area (TPSA) is 58.2 Å². The van der Waals surface area contributed by atoms with Crippen LogP contribution in [0.1, 0.15) is 0 Å². The Morgan fingerprint density at radius 3 is 2.06 bits per heavy atom. The molecule has 0 aromatic rings. The molecule has 0 saturated heterocycles. The van der Waals surface area contributed by atoms with E-state index in [1.807, 2.05) is 14.1 Å². The van der Waals surface area contributed by atoms with Gasteiger partial charge < -0.3 is 27.5 Å². The van der Waals surface area contributed by atoms with E-state index in [1.54, 1.807) is 0 Å². The van der Waals surface area contributed by atoms with Gasteiger partial charge in [0.1, 0.15) is 0 Å². The fourth-order valence-corrected chi connectivity index (χ4v) is 0.997. The average molecular weight is 262 g/mol. The highest BCUT2D eigenvalue weighted by Gasteiger charge is 2.14. The zero-order valence-corrected chi connectivity index (χ0v) is 11.1. The van der Waals surface area contributed by atoms with Gasteiger partial charge in [0, 0.05) is 0 Å². The smallest absolute Gasteiger partial charge is 0.247 e. The zero-order chi connectivity index (χ0) is 12.6. The number of amides is 2. The quantitative estimate of drug-likeness (QED) is 0.286. The molecule has 0 unspecified atom stereocenters. The lowest BCUT2D eigenvalue weighted by atomic mass is 10.4. The summed E-state index contributed by atoms with van der Waals surface area (Å²) in [5.74, 6) is -0.378. The fourth-order valence-electron chi connectivity index (χ4n) is 0.997. The lowest BCUT2D eigenvalue weighted by Gasteiger charge is -2.29. The van der Waals surface area contributed by atoms with Crippen molar-refractivity contribution >= 4 is 11.8 Å². The second-order valence-electron chi connectivity index (χ2n) is 4.06. The second kappa shape index (κ2) is 8.78. The predicted octanol–water partition coefficient (Wildman–Crippen LogP) is -3.37. The van der Waals surface area contributed by atoms with Gasteiger partial charge in [-0.1, -0.05) is 13.2 Å². The van der Waals surface area contributed by atoms with Gasteiger partial charge in [-0.05, 0) is 12.2 Å². The monoisotopic (exact) mass is 261 g/mol. The highest BCUT2D eigenvalue weighted by atomic mass is 35.5. The molecule has 0 aliphatic heterocycles.